The number of nitrogens with zero attached hydrogens (tertiary/aromatic N) is 5. The van der Waals surface area contributed by atoms with Crippen LogP contribution in [0.1, 0.15) is 12.6 Å². The second-order valence-electron chi connectivity index (χ2n) is 5.26. The monoisotopic (exact) mass is 394 g/mol. The Kier molecular flexibility index (Phi) is 5.90. The van der Waals surface area contributed by atoms with Crippen molar-refractivity contribution in [2.24, 2.45) is 0 Å². The molecule has 0 unspecified atom stereocenters. The Labute approximate surface area is 156 Å². The number of nitrogens with one attached hydrogen (secondary N) is 1. The molecular weight excluding hydrogens is 376 g/mol. The normalized spacial score (nSPS) is 10.8. The maximum Gasteiger partial charge on any atom is 0.357 e. The van der Waals surface area contributed by atoms with Gasteiger partial charge in [0.05, 0.1) is 7.11 Å². The van der Waals surface area contributed by atoms with Crippen LogP contribution < -0.4 is 10.1 Å². The van der Waals surface area contributed by atoms with E-state index in [-0.39, 0.29) is 16.2 Å². The van der Waals surface area contributed by atoms with E-state index >= 15 is 0 Å². The van der Waals surface area contributed by atoms with E-state index in [9.17, 15) is 18.0 Å². The van der Waals surface area contributed by atoms with Gasteiger partial charge in [-0.3, -0.25) is 10.1 Å². The first-order valence-electron chi connectivity index (χ1n) is 7.58. The first-order chi connectivity index (χ1) is 12.7. The fraction of sp³-hybridized carbons (Fsp3) is 0.267. The van der Waals surface area contributed by atoms with E-state index in [1.807, 2.05) is 0 Å². The number of carbonyl (C=O) groups excluding carboxylic acids is 2. The van der Waals surface area contributed by atoms with Crippen molar-refractivity contribution in [1.82, 2.24) is 24.4 Å². The van der Waals surface area contributed by atoms with Gasteiger partial charge in [0.25, 0.3) is 0 Å². The second kappa shape index (κ2) is 7.95. The minimum Gasteiger partial charge on any atom is -0.481 e. The quantitative estimate of drug-likeness (QED) is 0.753. The highest BCUT2D eigenvalue weighted by molar-refractivity contribution is 7.89. The van der Waals surface area contributed by atoms with E-state index in [1.165, 1.54) is 37.6 Å². The van der Waals surface area contributed by atoms with Crippen LogP contribution in [0.25, 0.3) is 0 Å². The highest BCUT2D eigenvalue weighted by atomic mass is 32.2. The molecule has 12 heteroatoms. The van der Waals surface area contributed by atoms with Crippen LogP contribution in [-0.2, 0) is 14.8 Å². The molecule has 2 heterocycles. The summed E-state index contributed by atoms with van der Waals surface area (Å²) >= 11 is 0. The van der Waals surface area contributed by atoms with Gasteiger partial charge < -0.3 is 4.74 Å². The van der Waals surface area contributed by atoms with E-state index in [0.717, 1.165) is 14.0 Å². The summed E-state index contributed by atoms with van der Waals surface area (Å²) in [6.07, 6.45) is 1.26. The zero-order chi connectivity index (χ0) is 20.2. The highest BCUT2D eigenvalue weighted by Crippen LogP contribution is 2.17. The summed E-state index contributed by atoms with van der Waals surface area (Å²) in [5.74, 6) is -0.695. The summed E-state index contributed by atoms with van der Waals surface area (Å²) in [6, 6.07) is 4.53. The third-order valence-electron chi connectivity index (χ3n) is 3.29. The summed E-state index contributed by atoms with van der Waals surface area (Å²) in [7, 11) is -1.94. The minimum absolute atomic E-state index is 0.178. The Bertz CT molecular complexity index is 950. The molecule has 2 rings (SSSR count). The number of aromatic nitrogens is 3. The molecule has 0 spiro atoms. The van der Waals surface area contributed by atoms with Gasteiger partial charge in [0, 0.05) is 31.9 Å². The van der Waals surface area contributed by atoms with Crippen molar-refractivity contribution in [3.05, 3.63) is 36.2 Å². The number of hydrazine groups is 1. The number of urea groups is 1. The predicted molar refractivity (Wildman–Crippen MR) is 94.0 cm³/mol. The van der Waals surface area contributed by atoms with Crippen molar-refractivity contribution in [1.29, 1.82) is 0 Å². The molecule has 0 atom stereocenters. The number of ether oxygens (including phenoxy) is 1. The average Bonchev–Trinajstić information content (AvgIpc) is 2.61. The lowest BCUT2D eigenvalue weighted by molar-refractivity contribution is -0.134. The maximum absolute atomic E-state index is 12.8. The molecule has 0 bridgehead atoms. The van der Waals surface area contributed by atoms with Gasteiger partial charge in [0.15, 0.2) is 5.03 Å². The van der Waals surface area contributed by atoms with Crippen LogP contribution in [0.3, 0.4) is 0 Å². The zero-order valence-electron chi connectivity index (χ0n) is 15.1. The van der Waals surface area contributed by atoms with Gasteiger partial charge >= 0.3 is 16.1 Å². The molecule has 27 heavy (non-hydrogen) atoms. The molecule has 0 saturated carbocycles. The third-order valence-corrected chi connectivity index (χ3v) is 4.93. The Morgan fingerprint density at radius 2 is 1.93 bits per heavy atom. The number of hydrogen-bond acceptors (Lipinski definition) is 8. The van der Waals surface area contributed by atoms with Crippen LogP contribution in [0.5, 0.6) is 5.88 Å². The maximum atomic E-state index is 12.8. The molecule has 0 aromatic carbocycles. The molecule has 2 aromatic rings. The molecule has 0 radical (unpaired) electrons. The van der Waals surface area contributed by atoms with Gasteiger partial charge in [-0.2, -0.15) is 13.4 Å². The summed E-state index contributed by atoms with van der Waals surface area (Å²) in [6.45, 7) is 2.75. The van der Waals surface area contributed by atoms with Crippen LogP contribution in [0, 0.1) is 6.92 Å². The SMILES string of the molecule is COc1cc(C)nc(NC(=O)N(N(C)C(C)=O)S(=O)(=O)c2ccccn2)n1. The number of aryl methyl sites for hydroxylation is 1. The summed E-state index contributed by atoms with van der Waals surface area (Å²) < 4.78 is 30.9. The first-order valence-corrected chi connectivity index (χ1v) is 9.02. The van der Waals surface area contributed by atoms with E-state index in [4.69, 9.17) is 4.74 Å². The number of methoxy groups -OCH3 is 1. The number of carbonyl (C=O) groups is 2. The molecule has 0 aliphatic rings. The Morgan fingerprint density at radius 1 is 1.22 bits per heavy atom. The van der Waals surface area contributed by atoms with Gasteiger partial charge in [-0.05, 0) is 19.1 Å². The number of hydrogen-bond donors (Lipinski definition) is 1. The number of rotatable bonds is 4. The van der Waals surface area contributed by atoms with Gasteiger partial charge in [0.1, 0.15) is 0 Å². The fourth-order valence-corrected chi connectivity index (χ4v) is 3.29. The molecule has 11 nitrogen and oxygen atoms in total. The summed E-state index contributed by atoms with van der Waals surface area (Å²) in [5, 5.41) is 2.49. The Morgan fingerprint density at radius 3 is 2.48 bits per heavy atom. The smallest absolute Gasteiger partial charge is 0.357 e. The van der Waals surface area contributed by atoms with Gasteiger partial charge in [0.2, 0.25) is 17.7 Å². The van der Waals surface area contributed by atoms with E-state index < -0.39 is 27.0 Å². The lowest BCUT2D eigenvalue weighted by atomic mass is 10.4. The van der Waals surface area contributed by atoms with Crippen molar-refractivity contribution in [3.8, 4) is 5.88 Å². The number of sulfonamides is 1. The minimum atomic E-state index is -4.46. The van der Waals surface area contributed by atoms with Crippen molar-refractivity contribution in [2.75, 3.05) is 19.5 Å². The predicted octanol–water partition coefficient (Wildman–Crippen LogP) is 0.805. The zero-order valence-corrected chi connectivity index (χ0v) is 15.9. The third kappa shape index (κ3) is 4.47. The number of pyridine rings is 1. The van der Waals surface area contributed by atoms with Crippen LogP contribution in [0.4, 0.5) is 10.7 Å². The van der Waals surface area contributed by atoms with E-state index in [0.29, 0.717) is 10.7 Å². The average molecular weight is 394 g/mol. The Hall–Kier alpha value is -3.28. The number of anilines is 1. The lowest BCUT2D eigenvalue weighted by Gasteiger charge is -2.29. The molecule has 0 aliphatic heterocycles. The molecule has 0 fully saturated rings. The van der Waals surface area contributed by atoms with Crippen molar-refractivity contribution < 1.29 is 22.7 Å². The standard InChI is InChI=1S/C15H18N6O5S/c1-10-9-12(26-4)18-14(17-10)19-15(23)21(20(3)11(2)22)27(24,25)13-7-5-6-8-16-13/h5-9H,1-4H3,(H,17,18,19,23). The molecule has 3 amide bonds. The van der Waals surface area contributed by atoms with Crippen molar-refractivity contribution >= 4 is 27.9 Å². The number of amides is 3. The molecule has 1 N–H and O–H groups in total. The van der Waals surface area contributed by atoms with Crippen molar-refractivity contribution in [3.63, 3.8) is 0 Å². The van der Waals surface area contributed by atoms with Gasteiger partial charge in [-0.15, -0.1) is 4.41 Å². The van der Waals surface area contributed by atoms with Crippen molar-refractivity contribution in [2.45, 2.75) is 18.9 Å². The molecule has 0 saturated heterocycles. The summed E-state index contributed by atoms with van der Waals surface area (Å²) in [4.78, 5) is 36.1. The topological polar surface area (TPSA) is 135 Å². The van der Waals surface area contributed by atoms with Gasteiger partial charge in [-0.1, -0.05) is 6.07 Å². The molecule has 144 valence electrons. The first kappa shape index (κ1) is 20.0. The molecular formula is C15H18N6O5S. The molecule has 0 aliphatic carbocycles. The van der Waals surface area contributed by atoms with E-state index in [1.54, 1.807) is 6.92 Å². The van der Waals surface area contributed by atoms with Crippen LogP contribution in [0.2, 0.25) is 0 Å². The van der Waals surface area contributed by atoms with Gasteiger partial charge in [-0.25, -0.2) is 19.8 Å². The lowest BCUT2D eigenvalue weighted by Crippen LogP contribution is -2.52. The highest BCUT2D eigenvalue weighted by Gasteiger charge is 2.36. The van der Waals surface area contributed by atoms with Crippen LogP contribution in [-0.4, -0.2) is 58.9 Å². The molecule has 2 aromatic heterocycles. The fourth-order valence-electron chi connectivity index (χ4n) is 1.97. The largest absolute Gasteiger partial charge is 0.481 e. The van der Waals surface area contributed by atoms with Crippen LogP contribution in [0.15, 0.2) is 35.5 Å². The van der Waals surface area contributed by atoms with E-state index in [2.05, 4.69) is 20.3 Å². The second-order valence-corrected chi connectivity index (χ2v) is 6.98. The Balaban J connectivity index is 2.44. The van der Waals surface area contributed by atoms with Crippen LogP contribution >= 0.6 is 0 Å². The summed E-state index contributed by atoms with van der Waals surface area (Å²) in [5.41, 5.74) is 0.483.